The summed E-state index contributed by atoms with van der Waals surface area (Å²) in [6.45, 7) is 0. The van der Waals surface area contributed by atoms with E-state index in [4.69, 9.17) is 10.2 Å². The molecule has 19 heavy (non-hydrogen) atoms. The van der Waals surface area contributed by atoms with E-state index in [1.807, 2.05) is 0 Å². The maximum atomic E-state index is 12.8. The molecule has 1 aromatic carbocycles. The monoisotopic (exact) mass is 275 g/mol. The van der Waals surface area contributed by atoms with Gasteiger partial charge in [-0.2, -0.15) is 13.2 Å². The number of aromatic carboxylic acids is 1. The zero-order valence-electron chi connectivity index (χ0n) is 9.74. The van der Waals surface area contributed by atoms with Gasteiger partial charge in [-0.1, -0.05) is 0 Å². The molecule has 0 saturated heterocycles. The summed E-state index contributed by atoms with van der Waals surface area (Å²) in [6, 6.07) is 2.94. The number of carbonyl (C=O) groups is 1. The number of aliphatic hydroxyl groups excluding tert-OH is 1. The molecular weight excluding hydrogens is 263 g/mol. The average molecular weight is 275 g/mol. The molecule has 7 heteroatoms. The molecule has 104 valence electrons. The number of nitrogens with one attached hydrogen (secondary N) is 1. The summed E-state index contributed by atoms with van der Waals surface area (Å²) in [6.07, 6.45) is -4.19. The van der Waals surface area contributed by atoms with Gasteiger partial charge in [-0.15, -0.1) is 0 Å². The Morgan fingerprint density at radius 3 is 2.42 bits per heavy atom. The number of carboxylic acid groups (broad SMARTS) is 1. The van der Waals surface area contributed by atoms with Crippen molar-refractivity contribution < 1.29 is 28.2 Å². The molecule has 0 heterocycles. The van der Waals surface area contributed by atoms with E-state index in [0.29, 0.717) is 12.8 Å². The molecule has 0 aromatic heterocycles. The lowest BCUT2D eigenvalue weighted by atomic mass is 9.89. The third-order valence-electron chi connectivity index (χ3n) is 3.04. The summed E-state index contributed by atoms with van der Waals surface area (Å²) >= 11 is 0. The van der Waals surface area contributed by atoms with Crippen LogP contribution in [0.2, 0.25) is 0 Å². The van der Waals surface area contributed by atoms with E-state index in [1.54, 1.807) is 0 Å². The van der Waals surface area contributed by atoms with Gasteiger partial charge in [-0.3, -0.25) is 0 Å². The smallest absolute Gasteiger partial charge is 0.417 e. The molecule has 3 N–H and O–H groups in total. The maximum absolute atomic E-state index is 12.8. The van der Waals surface area contributed by atoms with Crippen LogP contribution in [0.15, 0.2) is 18.2 Å². The fourth-order valence-corrected chi connectivity index (χ4v) is 2.00. The number of anilines is 1. The normalized spacial score (nSPS) is 22.7. The van der Waals surface area contributed by atoms with E-state index in [0.717, 1.165) is 12.1 Å². The molecule has 2 rings (SSSR count). The minimum absolute atomic E-state index is 0.0771. The summed E-state index contributed by atoms with van der Waals surface area (Å²) in [4.78, 5) is 10.8. The average Bonchev–Trinajstić information content (AvgIpc) is 2.25. The first-order valence-electron chi connectivity index (χ1n) is 5.66. The van der Waals surface area contributed by atoms with Crippen molar-refractivity contribution in [2.75, 3.05) is 5.32 Å². The molecule has 0 spiro atoms. The first-order valence-corrected chi connectivity index (χ1v) is 5.66. The molecule has 1 saturated carbocycles. The molecule has 0 radical (unpaired) electrons. The molecule has 1 aromatic rings. The van der Waals surface area contributed by atoms with Crippen LogP contribution >= 0.6 is 0 Å². The lowest BCUT2D eigenvalue weighted by Crippen LogP contribution is -2.39. The van der Waals surface area contributed by atoms with Gasteiger partial charge in [-0.25, -0.2) is 4.79 Å². The Labute approximate surface area is 106 Å². The van der Waals surface area contributed by atoms with Crippen LogP contribution in [-0.2, 0) is 6.18 Å². The van der Waals surface area contributed by atoms with Gasteiger partial charge < -0.3 is 15.5 Å². The van der Waals surface area contributed by atoms with Gasteiger partial charge in [0.2, 0.25) is 0 Å². The molecule has 1 aliphatic carbocycles. The predicted molar refractivity (Wildman–Crippen MR) is 61.1 cm³/mol. The minimum atomic E-state index is -4.72. The summed E-state index contributed by atoms with van der Waals surface area (Å²) in [5.41, 5.74) is -1.74. The van der Waals surface area contributed by atoms with Crippen LogP contribution in [-0.4, -0.2) is 28.3 Å². The van der Waals surface area contributed by atoms with Crippen LogP contribution in [0, 0.1) is 0 Å². The van der Waals surface area contributed by atoms with Gasteiger partial charge in [0.15, 0.2) is 0 Å². The van der Waals surface area contributed by atoms with Crippen molar-refractivity contribution >= 4 is 11.7 Å². The predicted octanol–water partition coefficient (Wildman–Crippen LogP) is 2.34. The van der Waals surface area contributed by atoms with Crippen LogP contribution in [0.5, 0.6) is 0 Å². The fourth-order valence-electron chi connectivity index (χ4n) is 2.00. The van der Waals surface area contributed by atoms with E-state index in [-0.39, 0.29) is 11.7 Å². The minimum Gasteiger partial charge on any atom is -0.478 e. The number of aliphatic hydroxyl groups is 1. The largest absolute Gasteiger partial charge is 0.478 e. The first kappa shape index (κ1) is 13.7. The highest BCUT2D eigenvalue weighted by atomic mass is 19.4. The zero-order chi connectivity index (χ0) is 14.2. The lowest BCUT2D eigenvalue weighted by molar-refractivity contribution is -0.138. The van der Waals surface area contributed by atoms with Crippen molar-refractivity contribution in [3.63, 3.8) is 0 Å². The second-order valence-corrected chi connectivity index (χ2v) is 4.53. The van der Waals surface area contributed by atoms with Crippen molar-refractivity contribution in [2.45, 2.75) is 31.2 Å². The number of alkyl halides is 3. The first-order chi connectivity index (χ1) is 8.77. The standard InChI is InChI=1S/C12H12F3NO3/c13-12(14,15)10-5-6(1-2-9(10)11(18)19)16-7-3-8(17)4-7/h1-2,5,7-8,16-17H,3-4H2,(H,18,19). The van der Waals surface area contributed by atoms with Gasteiger partial charge in [0.05, 0.1) is 17.2 Å². The van der Waals surface area contributed by atoms with Gasteiger partial charge in [0.1, 0.15) is 0 Å². The number of hydrogen-bond donors (Lipinski definition) is 3. The Morgan fingerprint density at radius 1 is 1.32 bits per heavy atom. The van der Waals surface area contributed by atoms with E-state index < -0.39 is 29.4 Å². The van der Waals surface area contributed by atoms with E-state index in [1.165, 1.54) is 6.07 Å². The van der Waals surface area contributed by atoms with Gasteiger partial charge in [0.25, 0.3) is 0 Å². The summed E-state index contributed by atoms with van der Waals surface area (Å²) in [5.74, 6) is -1.61. The Morgan fingerprint density at radius 2 is 1.95 bits per heavy atom. The number of carboxylic acids is 1. The quantitative estimate of drug-likeness (QED) is 0.792. The molecule has 0 unspecified atom stereocenters. The van der Waals surface area contributed by atoms with Gasteiger partial charge in [-0.05, 0) is 31.0 Å². The molecule has 0 amide bonds. The Kier molecular flexibility index (Phi) is 3.40. The topological polar surface area (TPSA) is 69.6 Å². The second kappa shape index (κ2) is 4.73. The van der Waals surface area contributed by atoms with Crippen molar-refractivity contribution in [1.82, 2.24) is 0 Å². The molecular formula is C12H12F3NO3. The van der Waals surface area contributed by atoms with Crippen molar-refractivity contribution in [3.8, 4) is 0 Å². The Hall–Kier alpha value is -1.76. The van der Waals surface area contributed by atoms with Crippen LogP contribution < -0.4 is 5.32 Å². The number of benzene rings is 1. The molecule has 1 fully saturated rings. The van der Waals surface area contributed by atoms with Crippen LogP contribution in [0.4, 0.5) is 18.9 Å². The van der Waals surface area contributed by atoms with E-state index >= 15 is 0 Å². The van der Waals surface area contributed by atoms with Crippen molar-refractivity contribution in [1.29, 1.82) is 0 Å². The molecule has 0 bridgehead atoms. The van der Waals surface area contributed by atoms with E-state index in [9.17, 15) is 18.0 Å². The fraction of sp³-hybridized carbons (Fsp3) is 0.417. The van der Waals surface area contributed by atoms with Gasteiger partial charge in [0, 0.05) is 11.7 Å². The van der Waals surface area contributed by atoms with Crippen LogP contribution in [0.3, 0.4) is 0 Å². The summed E-state index contributed by atoms with van der Waals surface area (Å²) < 4.78 is 38.3. The summed E-state index contributed by atoms with van der Waals surface area (Å²) in [5, 5.41) is 20.7. The number of hydrogen-bond acceptors (Lipinski definition) is 3. The SMILES string of the molecule is O=C(O)c1ccc(NC2CC(O)C2)cc1C(F)(F)F. The Balaban J connectivity index is 2.25. The summed E-state index contributed by atoms with van der Waals surface area (Å²) in [7, 11) is 0. The highest BCUT2D eigenvalue weighted by molar-refractivity contribution is 5.90. The molecule has 0 atom stereocenters. The molecule has 4 nitrogen and oxygen atoms in total. The molecule has 0 aliphatic heterocycles. The van der Waals surface area contributed by atoms with Gasteiger partial charge >= 0.3 is 12.1 Å². The third kappa shape index (κ3) is 2.98. The highest BCUT2D eigenvalue weighted by Crippen LogP contribution is 2.34. The lowest BCUT2D eigenvalue weighted by Gasteiger charge is -2.33. The van der Waals surface area contributed by atoms with Crippen LogP contribution in [0.1, 0.15) is 28.8 Å². The third-order valence-corrected chi connectivity index (χ3v) is 3.04. The highest BCUT2D eigenvalue weighted by Gasteiger charge is 2.36. The van der Waals surface area contributed by atoms with E-state index in [2.05, 4.69) is 5.32 Å². The molecule has 1 aliphatic rings. The zero-order valence-corrected chi connectivity index (χ0v) is 9.74. The number of rotatable bonds is 3. The maximum Gasteiger partial charge on any atom is 0.417 e. The van der Waals surface area contributed by atoms with Crippen molar-refractivity contribution in [3.05, 3.63) is 29.3 Å². The number of halogens is 3. The second-order valence-electron chi connectivity index (χ2n) is 4.53. The van der Waals surface area contributed by atoms with Crippen LogP contribution in [0.25, 0.3) is 0 Å². The van der Waals surface area contributed by atoms with Crippen molar-refractivity contribution in [2.24, 2.45) is 0 Å². The Bertz CT molecular complexity index is 495.